The average molecular weight is 530 g/mol. The van der Waals surface area contributed by atoms with E-state index in [-0.39, 0.29) is 10.8 Å². The van der Waals surface area contributed by atoms with Gasteiger partial charge in [0.05, 0.1) is 0 Å². The summed E-state index contributed by atoms with van der Waals surface area (Å²) in [5, 5.41) is 14.1. The SMILES string of the molecule is CN(CCCC(C)(C)c1nnc(Nc2cccnc2Oc2ccccc2C(C)(C)C)s1)Cc1ccccc1. The number of nitrogens with one attached hydrogen (secondary N) is 1. The molecule has 2 aromatic heterocycles. The van der Waals surface area contributed by atoms with Crippen LogP contribution in [0.2, 0.25) is 0 Å². The van der Waals surface area contributed by atoms with Gasteiger partial charge in [-0.2, -0.15) is 0 Å². The molecule has 0 aliphatic rings. The van der Waals surface area contributed by atoms with Gasteiger partial charge in [-0.3, -0.25) is 0 Å². The lowest BCUT2D eigenvalue weighted by atomic mass is 9.86. The molecule has 38 heavy (non-hydrogen) atoms. The fourth-order valence-electron chi connectivity index (χ4n) is 4.38. The summed E-state index contributed by atoms with van der Waals surface area (Å²) >= 11 is 1.59. The fraction of sp³-hybridized carbons (Fsp3) is 0.387. The van der Waals surface area contributed by atoms with Crippen LogP contribution < -0.4 is 10.1 Å². The number of hydrogen-bond donors (Lipinski definition) is 1. The molecule has 4 aromatic rings. The van der Waals surface area contributed by atoms with Crippen molar-refractivity contribution in [1.29, 1.82) is 0 Å². The van der Waals surface area contributed by atoms with Crippen LogP contribution in [0.3, 0.4) is 0 Å². The lowest BCUT2D eigenvalue weighted by molar-refractivity contribution is 0.302. The molecule has 0 amide bonds. The molecule has 0 aliphatic heterocycles. The largest absolute Gasteiger partial charge is 0.437 e. The third-order valence-corrected chi connectivity index (χ3v) is 7.76. The summed E-state index contributed by atoms with van der Waals surface area (Å²) in [5.74, 6) is 1.32. The van der Waals surface area contributed by atoms with Gasteiger partial charge < -0.3 is 15.0 Å². The molecule has 0 spiro atoms. The lowest BCUT2D eigenvalue weighted by Gasteiger charge is -2.23. The van der Waals surface area contributed by atoms with E-state index >= 15 is 0 Å². The third-order valence-electron chi connectivity index (χ3n) is 6.56. The van der Waals surface area contributed by atoms with Gasteiger partial charge in [0.25, 0.3) is 0 Å². The Kier molecular flexibility index (Phi) is 8.80. The van der Waals surface area contributed by atoms with Gasteiger partial charge in [-0.05, 0) is 55.6 Å². The zero-order chi connectivity index (χ0) is 27.2. The molecule has 4 rings (SSSR count). The van der Waals surface area contributed by atoms with Crippen molar-refractivity contribution < 1.29 is 4.74 Å². The van der Waals surface area contributed by atoms with E-state index in [9.17, 15) is 0 Å². The number of benzene rings is 2. The van der Waals surface area contributed by atoms with E-state index < -0.39 is 0 Å². The maximum Gasteiger partial charge on any atom is 0.243 e. The quantitative estimate of drug-likeness (QED) is 0.213. The normalized spacial score (nSPS) is 12.1. The number of aromatic nitrogens is 3. The first kappa shape index (κ1) is 27.7. The molecule has 2 heterocycles. The highest BCUT2D eigenvalue weighted by molar-refractivity contribution is 7.15. The topological polar surface area (TPSA) is 63.2 Å². The summed E-state index contributed by atoms with van der Waals surface area (Å²) in [7, 11) is 2.18. The monoisotopic (exact) mass is 529 g/mol. The number of rotatable bonds is 11. The smallest absolute Gasteiger partial charge is 0.243 e. The molecular formula is C31H39N5OS. The first-order chi connectivity index (χ1) is 18.1. The summed E-state index contributed by atoms with van der Waals surface area (Å²) in [5.41, 5.74) is 3.13. The van der Waals surface area contributed by atoms with E-state index in [2.05, 4.69) is 103 Å². The van der Waals surface area contributed by atoms with Gasteiger partial charge in [0, 0.05) is 23.7 Å². The molecule has 0 unspecified atom stereocenters. The molecule has 0 bridgehead atoms. The Bertz CT molecular complexity index is 1310. The number of para-hydroxylation sites is 1. The van der Waals surface area contributed by atoms with Crippen LogP contribution in [0.1, 0.15) is 63.6 Å². The Morgan fingerprint density at radius 2 is 1.63 bits per heavy atom. The number of hydrogen-bond acceptors (Lipinski definition) is 7. The predicted molar refractivity (Wildman–Crippen MR) is 158 cm³/mol. The van der Waals surface area contributed by atoms with E-state index in [1.165, 1.54) is 5.56 Å². The van der Waals surface area contributed by atoms with E-state index in [0.717, 1.165) is 53.1 Å². The number of anilines is 2. The van der Waals surface area contributed by atoms with Crippen molar-refractivity contribution in [3.63, 3.8) is 0 Å². The molecule has 6 nitrogen and oxygen atoms in total. The molecule has 0 fully saturated rings. The molecule has 0 saturated carbocycles. The van der Waals surface area contributed by atoms with Gasteiger partial charge in [-0.25, -0.2) is 4.98 Å². The molecule has 200 valence electrons. The Balaban J connectivity index is 1.39. The minimum atomic E-state index is -0.0644. The van der Waals surface area contributed by atoms with E-state index in [0.29, 0.717) is 5.88 Å². The van der Waals surface area contributed by atoms with Gasteiger partial charge in [0.2, 0.25) is 11.0 Å². The second-order valence-electron chi connectivity index (χ2n) is 11.5. The Morgan fingerprint density at radius 1 is 0.895 bits per heavy atom. The first-order valence-electron chi connectivity index (χ1n) is 13.2. The van der Waals surface area contributed by atoms with Crippen molar-refractivity contribution in [1.82, 2.24) is 20.1 Å². The maximum absolute atomic E-state index is 6.31. The van der Waals surface area contributed by atoms with Crippen molar-refractivity contribution >= 4 is 22.2 Å². The average Bonchev–Trinajstić information content (AvgIpc) is 3.35. The lowest BCUT2D eigenvalue weighted by Crippen LogP contribution is -2.23. The zero-order valence-corrected chi connectivity index (χ0v) is 24.2. The Labute approximate surface area is 231 Å². The third kappa shape index (κ3) is 7.39. The van der Waals surface area contributed by atoms with Gasteiger partial charge in [0.1, 0.15) is 16.4 Å². The molecule has 2 aromatic carbocycles. The number of pyridine rings is 1. The van der Waals surface area contributed by atoms with Crippen molar-refractivity contribution in [3.05, 3.63) is 89.1 Å². The molecule has 0 atom stereocenters. The minimum Gasteiger partial charge on any atom is -0.437 e. The van der Waals surface area contributed by atoms with Crippen LogP contribution in [0.25, 0.3) is 0 Å². The standard InChI is InChI=1S/C31H39N5OS/c1-30(2,3)24-16-10-11-18-26(24)37-27-25(17-12-20-32-27)33-29-35-34-28(38-29)31(4,5)19-13-21-36(6)22-23-14-8-7-9-15-23/h7-12,14-18,20H,13,19,21-22H2,1-6H3,(H,33,35). The first-order valence-corrected chi connectivity index (χ1v) is 14.0. The highest BCUT2D eigenvalue weighted by Gasteiger charge is 2.26. The summed E-state index contributed by atoms with van der Waals surface area (Å²) in [6.45, 7) is 13.0. The van der Waals surface area contributed by atoms with Crippen LogP contribution in [0.15, 0.2) is 72.9 Å². The Hall–Kier alpha value is -3.29. The van der Waals surface area contributed by atoms with Crippen LogP contribution in [0.4, 0.5) is 10.8 Å². The van der Waals surface area contributed by atoms with Gasteiger partial charge in [-0.1, -0.05) is 94.5 Å². The van der Waals surface area contributed by atoms with Crippen LogP contribution >= 0.6 is 11.3 Å². The van der Waals surface area contributed by atoms with Crippen molar-refractivity contribution in [3.8, 4) is 11.6 Å². The van der Waals surface area contributed by atoms with Gasteiger partial charge in [-0.15, -0.1) is 10.2 Å². The van der Waals surface area contributed by atoms with Gasteiger partial charge >= 0.3 is 0 Å². The van der Waals surface area contributed by atoms with E-state index in [1.54, 1.807) is 17.5 Å². The van der Waals surface area contributed by atoms with Crippen molar-refractivity contribution in [2.75, 3.05) is 18.9 Å². The number of nitrogens with zero attached hydrogens (tertiary/aromatic N) is 4. The number of ether oxygens (including phenoxy) is 1. The van der Waals surface area contributed by atoms with Crippen molar-refractivity contribution in [2.24, 2.45) is 0 Å². The van der Waals surface area contributed by atoms with Crippen molar-refractivity contribution in [2.45, 2.75) is 64.8 Å². The van der Waals surface area contributed by atoms with E-state index in [4.69, 9.17) is 4.74 Å². The van der Waals surface area contributed by atoms with E-state index in [1.807, 2.05) is 30.3 Å². The fourth-order valence-corrected chi connectivity index (χ4v) is 5.27. The summed E-state index contributed by atoms with van der Waals surface area (Å²) in [4.78, 5) is 6.88. The van der Waals surface area contributed by atoms with Crippen LogP contribution in [-0.2, 0) is 17.4 Å². The summed E-state index contributed by atoms with van der Waals surface area (Å²) in [6, 6.07) is 22.6. The summed E-state index contributed by atoms with van der Waals surface area (Å²) in [6.07, 6.45) is 3.86. The molecule has 0 radical (unpaired) electrons. The highest BCUT2D eigenvalue weighted by atomic mass is 32.1. The summed E-state index contributed by atoms with van der Waals surface area (Å²) < 4.78 is 6.31. The van der Waals surface area contributed by atoms with Crippen LogP contribution in [-0.4, -0.2) is 33.7 Å². The second-order valence-corrected chi connectivity index (χ2v) is 12.4. The molecule has 0 aliphatic carbocycles. The van der Waals surface area contributed by atoms with Crippen LogP contribution in [0.5, 0.6) is 11.6 Å². The molecular weight excluding hydrogens is 490 g/mol. The molecule has 0 saturated heterocycles. The second kappa shape index (κ2) is 12.0. The molecule has 1 N–H and O–H groups in total. The minimum absolute atomic E-state index is 0.0466. The van der Waals surface area contributed by atoms with Crippen LogP contribution in [0, 0.1) is 0 Å². The Morgan fingerprint density at radius 3 is 2.39 bits per heavy atom. The highest BCUT2D eigenvalue weighted by Crippen LogP contribution is 2.38. The zero-order valence-electron chi connectivity index (χ0n) is 23.4. The predicted octanol–water partition coefficient (Wildman–Crippen LogP) is 7.96. The van der Waals surface area contributed by atoms with Gasteiger partial charge in [0.15, 0.2) is 0 Å². The maximum atomic E-state index is 6.31. The molecule has 7 heteroatoms.